The van der Waals surface area contributed by atoms with Crippen molar-refractivity contribution in [2.24, 2.45) is 0 Å². The first-order chi connectivity index (χ1) is 12.2. The molecule has 0 radical (unpaired) electrons. The van der Waals surface area contributed by atoms with Crippen LogP contribution < -0.4 is 16.2 Å². The lowest BCUT2D eigenvalue weighted by Crippen LogP contribution is -2.23. The van der Waals surface area contributed by atoms with Crippen molar-refractivity contribution in [3.8, 4) is 17.3 Å². The third kappa shape index (κ3) is 3.79. The first-order valence-electron chi connectivity index (χ1n) is 7.31. The third-order valence-corrected chi connectivity index (χ3v) is 3.46. The molecule has 26 heavy (non-hydrogen) atoms. The largest absolute Gasteiger partial charge is 0.573 e. The number of nitrogens with two attached hydrogens (primary N) is 1. The summed E-state index contributed by atoms with van der Waals surface area (Å²) in [5.74, 6) is -0.499. The highest BCUT2D eigenvalue weighted by Gasteiger charge is 2.31. The van der Waals surface area contributed by atoms with Crippen LogP contribution >= 0.6 is 0 Å². The van der Waals surface area contributed by atoms with E-state index in [1.165, 1.54) is 29.1 Å². The van der Waals surface area contributed by atoms with Gasteiger partial charge in [-0.15, -0.1) is 13.2 Å². The van der Waals surface area contributed by atoms with Crippen LogP contribution in [0.15, 0.2) is 53.6 Å². The second-order valence-electron chi connectivity index (χ2n) is 5.36. The highest BCUT2D eigenvalue weighted by Crippen LogP contribution is 2.24. The summed E-state index contributed by atoms with van der Waals surface area (Å²) in [6.07, 6.45) is -2.10. The van der Waals surface area contributed by atoms with Crippen molar-refractivity contribution in [1.82, 2.24) is 14.1 Å². The quantitative estimate of drug-likeness (QED) is 0.739. The Balaban J connectivity index is 1.89. The number of hydrogen-bond donors (Lipinski definition) is 2. The molecule has 0 saturated carbocycles. The van der Waals surface area contributed by atoms with E-state index in [0.717, 1.165) is 16.7 Å². The van der Waals surface area contributed by atoms with E-state index in [-0.39, 0.29) is 18.1 Å². The summed E-state index contributed by atoms with van der Waals surface area (Å²) in [4.78, 5) is 16.4. The highest BCUT2D eigenvalue weighted by molar-refractivity contribution is 5.40. The Bertz CT molecular complexity index is 978. The molecule has 0 aliphatic heterocycles. The zero-order valence-electron chi connectivity index (χ0n) is 13.1. The molecule has 0 fully saturated rings. The SMILES string of the molecule is Nc1cc(Cn2cc(O)n(-c3ccc(OC(F)(F)F)cc3)c2=O)ccn1. The molecule has 0 unspecified atom stereocenters. The number of hydrogen-bond acceptors (Lipinski definition) is 5. The van der Waals surface area contributed by atoms with Crippen molar-refractivity contribution in [2.45, 2.75) is 12.9 Å². The van der Waals surface area contributed by atoms with Gasteiger partial charge in [-0.25, -0.2) is 14.3 Å². The lowest BCUT2D eigenvalue weighted by molar-refractivity contribution is -0.274. The maximum atomic E-state index is 12.5. The molecule has 3 aromatic rings. The van der Waals surface area contributed by atoms with Crippen molar-refractivity contribution in [3.63, 3.8) is 0 Å². The first kappa shape index (κ1) is 17.4. The number of alkyl halides is 3. The Morgan fingerprint density at radius 1 is 1.19 bits per heavy atom. The van der Waals surface area contributed by atoms with E-state index >= 15 is 0 Å². The molecule has 136 valence electrons. The number of nitrogen functional groups attached to an aromatic ring is 1. The maximum Gasteiger partial charge on any atom is 0.573 e. The number of pyridine rings is 1. The zero-order chi connectivity index (χ0) is 18.9. The van der Waals surface area contributed by atoms with Crippen molar-refractivity contribution in [1.29, 1.82) is 0 Å². The number of rotatable bonds is 4. The van der Waals surface area contributed by atoms with Crippen molar-refractivity contribution >= 4 is 5.82 Å². The Hall–Kier alpha value is -3.43. The summed E-state index contributed by atoms with van der Waals surface area (Å²) < 4.78 is 42.6. The molecule has 0 atom stereocenters. The normalized spacial score (nSPS) is 11.5. The molecule has 0 amide bonds. The van der Waals surface area contributed by atoms with E-state index in [0.29, 0.717) is 11.4 Å². The molecule has 0 saturated heterocycles. The van der Waals surface area contributed by atoms with Gasteiger partial charge < -0.3 is 15.6 Å². The summed E-state index contributed by atoms with van der Waals surface area (Å²) >= 11 is 0. The zero-order valence-corrected chi connectivity index (χ0v) is 13.1. The van der Waals surface area contributed by atoms with Gasteiger partial charge in [-0.1, -0.05) is 0 Å². The lowest BCUT2D eigenvalue weighted by Gasteiger charge is -2.09. The van der Waals surface area contributed by atoms with Crippen molar-refractivity contribution < 1.29 is 23.0 Å². The fourth-order valence-electron chi connectivity index (χ4n) is 2.42. The third-order valence-electron chi connectivity index (χ3n) is 3.46. The molecule has 0 aliphatic rings. The van der Waals surface area contributed by atoms with E-state index in [9.17, 15) is 23.1 Å². The molecule has 0 aliphatic carbocycles. The number of nitrogens with zero attached hydrogens (tertiary/aromatic N) is 3. The minimum atomic E-state index is -4.81. The molecule has 10 heteroatoms. The Morgan fingerprint density at radius 2 is 1.88 bits per heavy atom. The van der Waals surface area contributed by atoms with Gasteiger partial charge in [-0.2, -0.15) is 0 Å². The summed E-state index contributed by atoms with van der Waals surface area (Å²) in [6.45, 7) is 0.140. The van der Waals surface area contributed by atoms with Gasteiger partial charge in [0.15, 0.2) is 0 Å². The minimum absolute atomic E-state index is 0.140. The molecule has 0 bridgehead atoms. The molecule has 7 nitrogen and oxygen atoms in total. The Kier molecular flexibility index (Phi) is 4.33. The van der Waals surface area contributed by atoms with E-state index in [1.807, 2.05) is 0 Å². The molecule has 2 aromatic heterocycles. The Labute approximate surface area is 144 Å². The molecule has 0 spiro atoms. The van der Waals surface area contributed by atoms with E-state index in [1.54, 1.807) is 12.1 Å². The first-order valence-corrected chi connectivity index (χ1v) is 7.31. The maximum absolute atomic E-state index is 12.5. The predicted octanol–water partition coefficient (Wildman–Crippen LogP) is 2.27. The number of aromatic nitrogens is 3. The van der Waals surface area contributed by atoms with Gasteiger partial charge in [0, 0.05) is 6.20 Å². The fourth-order valence-corrected chi connectivity index (χ4v) is 2.42. The fraction of sp³-hybridized carbons (Fsp3) is 0.125. The molecule has 2 heterocycles. The molecular weight excluding hydrogens is 353 g/mol. The molecular formula is C16H13F3N4O3. The van der Waals surface area contributed by atoms with E-state index < -0.39 is 17.8 Å². The molecule has 1 aromatic carbocycles. The average molecular weight is 366 g/mol. The average Bonchev–Trinajstić information content (AvgIpc) is 2.81. The lowest BCUT2D eigenvalue weighted by atomic mass is 10.2. The van der Waals surface area contributed by atoms with Crippen LogP contribution in [0, 0.1) is 0 Å². The summed E-state index contributed by atoms with van der Waals surface area (Å²) in [5, 5.41) is 10.0. The van der Waals surface area contributed by atoms with Gasteiger partial charge in [-0.05, 0) is 42.0 Å². The van der Waals surface area contributed by atoms with Crippen LogP contribution in [0.25, 0.3) is 5.69 Å². The van der Waals surface area contributed by atoms with Gasteiger partial charge in [-0.3, -0.25) is 4.57 Å². The number of ether oxygens (including phenoxy) is 1. The topological polar surface area (TPSA) is 95.3 Å². The number of aromatic hydroxyl groups is 1. The number of halogens is 3. The van der Waals surface area contributed by atoms with Crippen LogP contribution in [0.2, 0.25) is 0 Å². The van der Waals surface area contributed by atoms with E-state index in [4.69, 9.17) is 5.73 Å². The van der Waals surface area contributed by atoms with Gasteiger partial charge in [0.1, 0.15) is 11.6 Å². The summed E-state index contributed by atoms with van der Waals surface area (Å²) in [6, 6.07) is 7.82. The van der Waals surface area contributed by atoms with Crippen LogP contribution in [0.5, 0.6) is 11.6 Å². The second-order valence-corrected chi connectivity index (χ2v) is 5.36. The van der Waals surface area contributed by atoms with E-state index in [2.05, 4.69) is 9.72 Å². The standard InChI is InChI=1S/C16H13F3N4O3/c17-16(18,19)26-12-3-1-11(2-4-12)23-14(24)9-22(15(23)25)8-10-5-6-21-13(20)7-10/h1-7,9,24H,8H2,(H2,20,21). The van der Waals surface area contributed by atoms with Gasteiger partial charge >= 0.3 is 12.1 Å². The monoisotopic (exact) mass is 366 g/mol. The van der Waals surface area contributed by atoms with Crippen molar-refractivity contribution in [3.05, 3.63) is 64.8 Å². The van der Waals surface area contributed by atoms with Gasteiger partial charge in [0.25, 0.3) is 0 Å². The molecule has 3 N–H and O–H groups in total. The molecule has 3 rings (SSSR count). The van der Waals surface area contributed by atoms with Gasteiger partial charge in [0.2, 0.25) is 5.88 Å². The summed E-state index contributed by atoms with van der Waals surface area (Å²) in [7, 11) is 0. The number of imidazole rings is 1. The Morgan fingerprint density at radius 3 is 2.50 bits per heavy atom. The predicted molar refractivity (Wildman–Crippen MR) is 86.1 cm³/mol. The van der Waals surface area contributed by atoms with Crippen LogP contribution in [-0.2, 0) is 6.54 Å². The van der Waals surface area contributed by atoms with Gasteiger partial charge in [0.05, 0.1) is 18.4 Å². The highest BCUT2D eigenvalue weighted by atomic mass is 19.4. The van der Waals surface area contributed by atoms with Crippen LogP contribution in [-0.4, -0.2) is 25.6 Å². The van der Waals surface area contributed by atoms with Crippen molar-refractivity contribution in [2.75, 3.05) is 5.73 Å². The number of benzene rings is 1. The van der Waals surface area contributed by atoms with Crippen LogP contribution in [0.4, 0.5) is 19.0 Å². The summed E-state index contributed by atoms with van der Waals surface area (Å²) in [5.41, 5.74) is 5.91. The van der Waals surface area contributed by atoms with Crippen LogP contribution in [0.3, 0.4) is 0 Å². The van der Waals surface area contributed by atoms with Crippen LogP contribution in [0.1, 0.15) is 5.56 Å². The smallest absolute Gasteiger partial charge is 0.493 e. The second kappa shape index (κ2) is 6.47. The minimum Gasteiger partial charge on any atom is -0.493 e. The number of anilines is 1.